The number of benzene rings is 1. The highest BCUT2D eigenvalue weighted by Gasteiger charge is 2.21. The number of nitrogens with one attached hydrogen (secondary N) is 1. The third-order valence-electron chi connectivity index (χ3n) is 2.54. The van der Waals surface area contributed by atoms with Crippen LogP contribution in [0.2, 0.25) is 0 Å². The molecule has 18 heavy (non-hydrogen) atoms. The Morgan fingerprint density at radius 1 is 1.39 bits per heavy atom. The van der Waals surface area contributed by atoms with E-state index >= 15 is 0 Å². The van der Waals surface area contributed by atoms with Crippen LogP contribution >= 0.6 is 0 Å². The lowest BCUT2D eigenvalue weighted by Crippen LogP contribution is -2.68. The molecule has 0 spiro atoms. The number of aliphatic hydroxyl groups excluding tert-OH is 1. The van der Waals surface area contributed by atoms with E-state index in [2.05, 4.69) is 11.1 Å². The molecule has 0 aliphatic heterocycles. The lowest BCUT2D eigenvalue weighted by Gasteiger charge is -2.13. The Morgan fingerprint density at radius 3 is 2.33 bits per heavy atom. The molecule has 1 amide bonds. The van der Waals surface area contributed by atoms with Crippen molar-refractivity contribution in [2.45, 2.75) is 26.8 Å². The number of aryl methyl sites for hydroxylation is 1. The topological polar surface area (TPSA) is 94.0 Å². The molecule has 0 bridgehead atoms. The van der Waals surface area contributed by atoms with Gasteiger partial charge in [-0.15, -0.1) is 0 Å². The molecule has 0 aromatic heterocycles. The number of hydrogen-bond acceptors (Lipinski definition) is 2. The summed E-state index contributed by atoms with van der Waals surface area (Å²) in [5, 5.41) is 9.65. The van der Waals surface area contributed by atoms with Gasteiger partial charge in [-0.1, -0.05) is 38.5 Å². The maximum atomic E-state index is 11.7. The predicted octanol–water partition coefficient (Wildman–Crippen LogP) is 0.812. The lowest BCUT2D eigenvalue weighted by molar-refractivity contribution is -0.412. The molecule has 0 aliphatic carbocycles. The molecule has 1 aromatic carbocycles. The van der Waals surface area contributed by atoms with Crippen LogP contribution in [0.3, 0.4) is 0 Å². The summed E-state index contributed by atoms with van der Waals surface area (Å²) in [6.45, 7) is 6.47. The molecule has 1 rings (SSSR count). The lowest BCUT2D eigenvalue weighted by atomic mass is 10.0. The molecule has 1 aromatic rings. The van der Waals surface area contributed by atoms with E-state index in [0.29, 0.717) is 6.47 Å². The Bertz CT molecular complexity index is 392. The quantitative estimate of drug-likeness (QED) is 0.695. The van der Waals surface area contributed by atoms with Crippen molar-refractivity contribution in [3.63, 3.8) is 0 Å². The third kappa shape index (κ3) is 5.45. The average Bonchev–Trinajstić information content (AvgIpc) is 2.32. The van der Waals surface area contributed by atoms with Crippen molar-refractivity contribution in [1.29, 1.82) is 0 Å². The highest BCUT2D eigenvalue weighted by atomic mass is 16.3. The second-order valence-corrected chi connectivity index (χ2v) is 4.25. The second kappa shape index (κ2) is 8.25. The number of para-hydroxylation sites is 1. The van der Waals surface area contributed by atoms with E-state index in [-0.39, 0.29) is 17.9 Å². The molecule has 5 heteroatoms. The molecular weight excluding hydrogens is 232 g/mol. The van der Waals surface area contributed by atoms with Crippen LogP contribution in [0, 0.1) is 12.8 Å². The molecule has 1 atom stereocenters. The summed E-state index contributed by atoms with van der Waals surface area (Å²) < 4.78 is 0. The zero-order valence-corrected chi connectivity index (χ0v) is 10.9. The number of carbonyl (C=O) groups is 1. The SMILES string of the molecule is Cc1ccccc1NC(=O)C([NH3+])C(C)C.O=[C-]O. The normalized spacial score (nSPS) is 11.2. The van der Waals surface area contributed by atoms with E-state index in [1.54, 1.807) is 0 Å². The summed E-state index contributed by atoms with van der Waals surface area (Å²) in [4.78, 5) is 20.0. The Balaban J connectivity index is 0.000000873. The first-order valence-electron chi connectivity index (χ1n) is 5.64. The van der Waals surface area contributed by atoms with E-state index in [0.717, 1.165) is 11.3 Å². The Kier molecular flexibility index (Phi) is 7.38. The first-order chi connectivity index (χ1) is 8.43. The number of anilines is 1. The predicted molar refractivity (Wildman–Crippen MR) is 69.6 cm³/mol. The van der Waals surface area contributed by atoms with Gasteiger partial charge in [0, 0.05) is 11.6 Å². The minimum atomic E-state index is -0.204. The van der Waals surface area contributed by atoms with Crippen molar-refractivity contribution < 1.29 is 20.4 Å². The molecule has 0 radical (unpaired) electrons. The first kappa shape index (κ1) is 16.1. The summed E-state index contributed by atoms with van der Waals surface area (Å²) in [5.74, 6) is 0.244. The van der Waals surface area contributed by atoms with Crippen LogP contribution < -0.4 is 11.1 Å². The minimum Gasteiger partial charge on any atom is -0.665 e. The summed E-state index contributed by atoms with van der Waals surface area (Å²) >= 11 is 0. The molecule has 1 unspecified atom stereocenters. The zero-order valence-electron chi connectivity index (χ0n) is 10.9. The van der Waals surface area contributed by atoms with Crippen LogP contribution in [-0.4, -0.2) is 23.5 Å². The van der Waals surface area contributed by atoms with Crippen LogP contribution in [0.1, 0.15) is 19.4 Å². The van der Waals surface area contributed by atoms with Gasteiger partial charge in [0.25, 0.3) is 5.91 Å². The van der Waals surface area contributed by atoms with Gasteiger partial charge in [0.05, 0.1) is 0 Å². The summed E-state index contributed by atoms with van der Waals surface area (Å²) in [6, 6.07) is 7.54. The van der Waals surface area contributed by atoms with E-state index in [1.165, 1.54) is 0 Å². The summed E-state index contributed by atoms with van der Waals surface area (Å²) in [6.07, 6.45) is 0. The Hall–Kier alpha value is -1.88. The molecule has 0 saturated carbocycles. The van der Waals surface area contributed by atoms with Gasteiger partial charge in [0.15, 0.2) is 6.04 Å². The van der Waals surface area contributed by atoms with Crippen molar-refractivity contribution in [3.05, 3.63) is 29.8 Å². The van der Waals surface area contributed by atoms with Gasteiger partial charge >= 0.3 is 0 Å². The molecule has 0 saturated heterocycles. The van der Waals surface area contributed by atoms with Crippen LogP contribution in [0.4, 0.5) is 5.69 Å². The molecule has 100 valence electrons. The molecule has 0 fully saturated rings. The van der Waals surface area contributed by atoms with Crippen molar-refractivity contribution in [2.24, 2.45) is 5.92 Å². The zero-order chi connectivity index (χ0) is 14.1. The van der Waals surface area contributed by atoms with Crippen LogP contribution in [0.5, 0.6) is 0 Å². The number of carbonyl (C=O) groups excluding carboxylic acids is 1. The van der Waals surface area contributed by atoms with Gasteiger partial charge in [0.1, 0.15) is 0 Å². The highest BCUT2D eigenvalue weighted by molar-refractivity contribution is 5.94. The largest absolute Gasteiger partial charge is 0.665 e. The smallest absolute Gasteiger partial charge is 0.282 e. The standard InChI is InChI=1S/C12H18N2O.CHO2/c1-8(2)11(13)12(15)14-10-7-5-4-6-9(10)3;2-1-3/h4-8,11H,13H2,1-3H3,(H,14,15);(H,2,3)/q;-1/p+1. The van der Waals surface area contributed by atoms with Crippen molar-refractivity contribution in [3.8, 4) is 0 Å². The van der Waals surface area contributed by atoms with E-state index < -0.39 is 0 Å². The highest BCUT2D eigenvalue weighted by Crippen LogP contribution is 2.13. The van der Waals surface area contributed by atoms with Gasteiger partial charge in [-0.2, -0.15) is 0 Å². The number of amides is 1. The molecule has 0 heterocycles. The van der Waals surface area contributed by atoms with E-state index in [4.69, 9.17) is 9.90 Å². The van der Waals surface area contributed by atoms with Crippen LogP contribution in [0.25, 0.3) is 0 Å². The fraction of sp³-hybridized carbons (Fsp3) is 0.385. The number of quaternary nitrogens is 1. The van der Waals surface area contributed by atoms with Gasteiger partial charge in [-0.25, -0.2) is 0 Å². The molecular formula is C13H20N2O3. The molecule has 5 N–H and O–H groups in total. The average molecular weight is 252 g/mol. The van der Waals surface area contributed by atoms with Crippen LogP contribution in [0.15, 0.2) is 24.3 Å². The first-order valence-corrected chi connectivity index (χ1v) is 5.64. The van der Waals surface area contributed by atoms with E-state index in [9.17, 15) is 4.79 Å². The maximum Gasteiger partial charge on any atom is 0.282 e. The van der Waals surface area contributed by atoms with Gasteiger partial charge in [-0.05, 0) is 18.6 Å². The molecule has 5 nitrogen and oxygen atoms in total. The summed E-state index contributed by atoms with van der Waals surface area (Å²) in [5.41, 5.74) is 5.79. The van der Waals surface area contributed by atoms with Gasteiger partial charge in [0.2, 0.25) is 0 Å². The Morgan fingerprint density at radius 2 is 1.89 bits per heavy atom. The van der Waals surface area contributed by atoms with E-state index in [1.807, 2.05) is 45.0 Å². The fourth-order valence-electron chi connectivity index (χ4n) is 1.24. The maximum absolute atomic E-state index is 11.7. The summed E-state index contributed by atoms with van der Waals surface area (Å²) in [7, 11) is 0. The minimum absolute atomic E-state index is 0.0145. The second-order valence-electron chi connectivity index (χ2n) is 4.25. The fourth-order valence-corrected chi connectivity index (χ4v) is 1.24. The van der Waals surface area contributed by atoms with Crippen molar-refractivity contribution in [2.75, 3.05) is 5.32 Å². The molecule has 0 aliphatic rings. The van der Waals surface area contributed by atoms with Crippen LogP contribution in [-0.2, 0) is 9.59 Å². The Labute approximate surface area is 107 Å². The monoisotopic (exact) mass is 252 g/mol. The third-order valence-corrected chi connectivity index (χ3v) is 2.54. The van der Waals surface area contributed by atoms with Gasteiger partial charge < -0.3 is 21.0 Å². The van der Waals surface area contributed by atoms with Crippen molar-refractivity contribution in [1.82, 2.24) is 0 Å². The van der Waals surface area contributed by atoms with Gasteiger partial charge in [-0.3, -0.25) is 4.79 Å². The van der Waals surface area contributed by atoms with Crippen molar-refractivity contribution >= 4 is 18.1 Å². The number of rotatable bonds is 3. The number of hydrogen-bond donors (Lipinski definition) is 3.